The van der Waals surface area contributed by atoms with Gasteiger partial charge in [-0.1, -0.05) is 19.1 Å². The predicted octanol–water partition coefficient (Wildman–Crippen LogP) is 3.47. The number of anilines is 1. The van der Waals surface area contributed by atoms with Gasteiger partial charge in [0.2, 0.25) is 0 Å². The molecule has 20 heavy (non-hydrogen) atoms. The van der Waals surface area contributed by atoms with E-state index in [1.807, 2.05) is 18.2 Å². The molecule has 0 unspecified atom stereocenters. The third-order valence-electron chi connectivity index (χ3n) is 3.23. The van der Waals surface area contributed by atoms with Crippen molar-refractivity contribution in [1.29, 1.82) is 0 Å². The van der Waals surface area contributed by atoms with Crippen LogP contribution in [0.25, 0.3) is 0 Å². The maximum Gasteiger partial charge on any atom is 0.274 e. The van der Waals surface area contributed by atoms with Crippen LogP contribution in [0.1, 0.15) is 23.7 Å². The van der Waals surface area contributed by atoms with Crippen LogP contribution in [0.15, 0.2) is 36.5 Å². The van der Waals surface area contributed by atoms with Crippen LogP contribution in [0.2, 0.25) is 0 Å². The van der Waals surface area contributed by atoms with Gasteiger partial charge in [-0.05, 0) is 31.0 Å². The van der Waals surface area contributed by atoms with Gasteiger partial charge in [0.25, 0.3) is 5.69 Å². The van der Waals surface area contributed by atoms with E-state index in [9.17, 15) is 10.1 Å². The van der Waals surface area contributed by atoms with Crippen molar-refractivity contribution in [3.8, 4) is 0 Å². The van der Waals surface area contributed by atoms with Crippen molar-refractivity contribution in [1.82, 2.24) is 4.98 Å². The summed E-state index contributed by atoms with van der Waals surface area (Å²) in [6.45, 7) is 4.37. The number of nitro benzene ring substituents is 1. The molecule has 1 N–H and O–H groups in total. The minimum atomic E-state index is -0.362. The normalized spacial score (nSPS) is 10.3. The fourth-order valence-electron chi connectivity index (χ4n) is 2.05. The second kappa shape index (κ2) is 6.14. The van der Waals surface area contributed by atoms with E-state index in [2.05, 4.69) is 17.2 Å². The molecule has 0 aliphatic heterocycles. The molecule has 0 radical (unpaired) electrons. The van der Waals surface area contributed by atoms with E-state index in [0.717, 1.165) is 17.8 Å². The zero-order chi connectivity index (χ0) is 14.5. The van der Waals surface area contributed by atoms with Gasteiger partial charge >= 0.3 is 0 Å². The van der Waals surface area contributed by atoms with Crippen LogP contribution in [0.3, 0.4) is 0 Å². The topological polar surface area (TPSA) is 68.1 Å². The summed E-state index contributed by atoms with van der Waals surface area (Å²) in [5, 5.41) is 14.1. The number of nitrogens with one attached hydrogen (secondary N) is 1. The lowest BCUT2D eigenvalue weighted by atomic mass is 10.1. The number of hydrogen-bond donors (Lipinski definition) is 1. The molecule has 2 rings (SSSR count). The summed E-state index contributed by atoms with van der Waals surface area (Å²) < 4.78 is 0. The van der Waals surface area contributed by atoms with Gasteiger partial charge in [-0.15, -0.1) is 0 Å². The van der Waals surface area contributed by atoms with E-state index in [-0.39, 0.29) is 10.6 Å². The van der Waals surface area contributed by atoms with E-state index in [1.165, 1.54) is 5.56 Å². The zero-order valence-corrected chi connectivity index (χ0v) is 11.6. The van der Waals surface area contributed by atoms with E-state index in [0.29, 0.717) is 12.1 Å². The number of benzene rings is 1. The summed E-state index contributed by atoms with van der Waals surface area (Å²) in [5.41, 5.74) is 3.68. The molecule has 2 aromatic rings. The molecule has 0 atom stereocenters. The lowest BCUT2D eigenvalue weighted by Gasteiger charge is -2.09. The number of nitro groups is 1. The van der Waals surface area contributed by atoms with Crippen LogP contribution in [-0.4, -0.2) is 9.91 Å². The SMILES string of the molecule is CCc1cccnc1CNc1ccc(C)c([N+](=O)[O-])c1. The van der Waals surface area contributed by atoms with E-state index in [4.69, 9.17) is 0 Å². The van der Waals surface area contributed by atoms with Crippen LogP contribution in [0.4, 0.5) is 11.4 Å². The largest absolute Gasteiger partial charge is 0.379 e. The highest BCUT2D eigenvalue weighted by Gasteiger charge is 2.11. The lowest BCUT2D eigenvalue weighted by Crippen LogP contribution is -2.05. The monoisotopic (exact) mass is 271 g/mol. The Hall–Kier alpha value is -2.43. The zero-order valence-electron chi connectivity index (χ0n) is 11.6. The molecule has 0 aliphatic carbocycles. The maximum atomic E-state index is 10.9. The summed E-state index contributed by atoms with van der Waals surface area (Å²) in [5.74, 6) is 0. The molecule has 0 spiro atoms. The molecule has 1 heterocycles. The van der Waals surface area contributed by atoms with Crippen molar-refractivity contribution in [2.75, 3.05) is 5.32 Å². The molecule has 5 heteroatoms. The highest BCUT2D eigenvalue weighted by molar-refractivity contribution is 5.55. The van der Waals surface area contributed by atoms with Gasteiger partial charge in [0.15, 0.2) is 0 Å². The first-order chi connectivity index (χ1) is 9.61. The molecule has 0 aliphatic rings. The van der Waals surface area contributed by atoms with Gasteiger partial charge < -0.3 is 5.32 Å². The molecule has 0 amide bonds. The average molecular weight is 271 g/mol. The van der Waals surface area contributed by atoms with Crippen molar-refractivity contribution < 1.29 is 4.92 Å². The number of rotatable bonds is 5. The van der Waals surface area contributed by atoms with Gasteiger partial charge in [0.1, 0.15) is 0 Å². The van der Waals surface area contributed by atoms with E-state index in [1.54, 1.807) is 25.3 Å². The Morgan fingerprint density at radius 2 is 2.15 bits per heavy atom. The number of nitrogens with zero attached hydrogens (tertiary/aromatic N) is 2. The summed E-state index contributed by atoms with van der Waals surface area (Å²) in [4.78, 5) is 14.9. The molecule has 104 valence electrons. The van der Waals surface area contributed by atoms with Crippen LogP contribution in [-0.2, 0) is 13.0 Å². The quantitative estimate of drug-likeness (QED) is 0.667. The number of hydrogen-bond acceptors (Lipinski definition) is 4. The third kappa shape index (κ3) is 3.12. The van der Waals surface area contributed by atoms with Crippen LogP contribution >= 0.6 is 0 Å². The molecule has 0 fully saturated rings. The smallest absolute Gasteiger partial charge is 0.274 e. The minimum Gasteiger partial charge on any atom is -0.379 e. The second-order valence-corrected chi connectivity index (χ2v) is 4.57. The fourth-order valence-corrected chi connectivity index (χ4v) is 2.05. The van der Waals surface area contributed by atoms with Crippen LogP contribution < -0.4 is 5.32 Å². The molecule has 1 aromatic carbocycles. The minimum absolute atomic E-state index is 0.131. The average Bonchev–Trinajstić information content (AvgIpc) is 2.46. The fraction of sp³-hybridized carbons (Fsp3) is 0.267. The Labute approximate surface area is 117 Å². The predicted molar refractivity (Wildman–Crippen MR) is 78.8 cm³/mol. The number of pyridine rings is 1. The molecule has 0 saturated heterocycles. The van der Waals surface area contributed by atoms with Crippen molar-refractivity contribution >= 4 is 11.4 Å². The Balaban J connectivity index is 2.15. The molecular formula is C15H17N3O2. The van der Waals surface area contributed by atoms with E-state index >= 15 is 0 Å². The van der Waals surface area contributed by atoms with E-state index < -0.39 is 0 Å². The van der Waals surface area contributed by atoms with Gasteiger partial charge in [-0.2, -0.15) is 0 Å². The first-order valence-corrected chi connectivity index (χ1v) is 6.53. The molecular weight excluding hydrogens is 254 g/mol. The van der Waals surface area contributed by atoms with Crippen molar-refractivity contribution in [3.05, 3.63) is 63.5 Å². The third-order valence-corrected chi connectivity index (χ3v) is 3.23. The van der Waals surface area contributed by atoms with Gasteiger partial charge in [0, 0.05) is 23.5 Å². The maximum absolute atomic E-state index is 10.9. The standard InChI is InChI=1S/C15H17N3O2/c1-3-12-5-4-8-16-14(12)10-17-13-7-6-11(2)15(9-13)18(19)20/h4-9,17H,3,10H2,1-2H3. The summed E-state index contributed by atoms with van der Waals surface area (Å²) in [7, 11) is 0. The number of aromatic nitrogens is 1. The van der Waals surface area contributed by atoms with Crippen LogP contribution in [0, 0.1) is 17.0 Å². The Kier molecular flexibility index (Phi) is 4.30. The first-order valence-electron chi connectivity index (χ1n) is 6.53. The first kappa shape index (κ1) is 14.0. The van der Waals surface area contributed by atoms with Crippen molar-refractivity contribution in [2.45, 2.75) is 26.8 Å². The highest BCUT2D eigenvalue weighted by Crippen LogP contribution is 2.22. The second-order valence-electron chi connectivity index (χ2n) is 4.57. The van der Waals surface area contributed by atoms with Gasteiger partial charge in [-0.25, -0.2) is 0 Å². The summed E-state index contributed by atoms with van der Waals surface area (Å²) >= 11 is 0. The Morgan fingerprint density at radius 1 is 1.35 bits per heavy atom. The molecule has 5 nitrogen and oxygen atoms in total. The van der Waals surface area contributed by atoms with Crippen molar-refractivity contribution in [3.63, 3.8) is 0 Å². The summed E-state index contributed by atoms with van der Waals surface area (Å²) in [6, 6.07) is 9.11. The molecule has 0 saturated carbocycles. The van der Waals surface area contributed by atoms with Gasteiger partial charge in [0.05, 0.1) is 17.2 Å². The highest BCUT2D eigenvalue weighted by atomic mass is 16.6. The summed E-state index contributed by atoms with van der Waals surface area (Å²) in [6.07, 6.45) is 2.67. The van der Waals surface area contributed by atoms with Crippen molar-refractivity contribution in [2.24, 2.45) is 0 Å². The van der Waals surface area contributed by atoms with Crippen LogP contribution in [0.5, 0.6) is 0 Å². The Morgan fingerprint density at radius 3 is 2.85 bits per heavy atom. The lowest BCUT2D eigenvalue weighted by molar-refractivity contribution is -0.385. The molecule has 0 bridgehead atoms. The number of aryl methyl sites for hydroxylation is 2. The molecule has 1 aromatic heterocycles. The Bertz CT molecular complexity index is 626. The van der Waals surface area contributed by atoms with Gasteiger partial charge in [-0.3, -0.25) is 15.1 Å².